The lowest BCUT2D eigenvalue weighted by Crippen LogP contribution is -2.25. The summed E-state index contributed by atoms with van der Waals surface area (Å²) in [4.78, 5) is 5.69. The predicted molar refractivity (Wildman–Crippen MR) is 62.7 cm³/mol. The predicted octanol–water partition coefficient (Wildman–Crippen LogP) is 3.15. The first-order chi connectivity index (χ1) is 6.69. The van der Waals surface area contributed by atoms with E-state index in [1.807, 2.05) is 6.20 Å². The molecule has 0 radical (unpaired) electrons. The van der Waals surface area contributed by atoms with Crippen molar-refractivity contribution in [2.45, 2.75) is 40.2 Å². The van der Waals surface area contributed by atoms with Gasteiger partial charge in [0.15, 0.2) is 0 Å². The molecule has 0 amide bonds. The standard InChI is InChI=1S/C11H20N2S/c1-5-8(3)11(12-6-2)10-7-13-9(4)14-10/h7-8,11-12H,5-6H2,1-4H3. The maximum atomic E-state index is 4.31. The van der Waals surface area contributed by atoms with Crippen molar-refractivity contribution in [1.82, 2.24) is 10.3 Å². The number of aromatic nitrogens is 1. The Hall–Kier alpha value is -0.410. The van der Waals surface area contributed by atoms with E-state index in [0.717, 1.165) is 11.6 Å². The molecule has 0 aliphatic carbocycles. The van der Waals surface area contributed by atoms with Gasteiger partial charge in [-0.1, -0.05) is 27.2 Å². The van der Waals surface area contributed by atoms with Crippen molar-refractivity contribution < 1.29 is 0 Å². The van der Waals surface area contributed by atoms with Gasteiger partial charge in [0.1, 0.15) is 0 Å². The largest absolute Gasteiger partial charge is 0.309 e. The van der Waals surface area contributed by atoms with Gasteiger partial charge in [-0.3, -0.25) is 0 Å². The van der Waals surface area contributed by atoms with E-state index in [1.165, 1.54) is 11.3 Å². The smallest absolute Gasteiger partial charge is 0.0897 e. The maximum Gasteiger partial charge on any atom is 0.0897 e. The van der Waals surface area contributed by atoms with Crippen LogP contribution in [-0.4, -0.2) is 11.5 Å². The zero-order valence-corrected chi connectivity index (χ0v) is 10.3. The van der Waals surface area contributed by atoms with Crippen molar-refractivity contribution in [3.63, 3.8) is 0 Å². The molecule has 1 aromatic rings. The molecule has 2 nitrogen and oxygen atoms in total. The molecule has 14 heavy (non-hydrogen) atoms. The molecule has 80 valence electrons. The van der Waals surface area contributed by atoms with Crippen LogP contribution in [0, 0.1) is 12.8 Å². The van der Waals surface area contributed by atoms with Crippen molar-refractivity contribution in [2.75, 3.05) is 6.54 Å². The lowest BCUT2D eigenvalue weighted by Gasteiger charge is -2.22. The number of rotatable bonds is 5. The molecule has 1 rings (SSSR count). The van der Waals surface area contributed by atoms with Gasteiger partial charge < -0.3 is 5.32 Å². The SMILES string of the molecule is CCNC(c1cnc(C)s1)C(C)CC. The zero-order chi connectivity index (χ0) is 10.6. The Balaban J connectivity index is 2.76. The summed E-state index contributed by atoms with van der Waals surface area (Å²) in [5.41, 5.74) is 0. The van der Waals surface area contributed by atoms with Crippen LogP contribution >= 0.6 is 11.3 Å². The highest BCUT2D eigenvalue weighted by Gasteiger charge is 2.18. The van der Waals surface area contributed by atoms with Gasteiger partial charge in [-0.15, -0.1) is 11.3 Å². The monoisotopic (exact) mass is 212 g/mol. The van der Waals surface area contributed by atoms with Gasteiger partial charge in [-0.25, -0.2) is 4.98 Å². The summed E-state index contributed by atoms with van der Waals surface area (Å²) in [5, 5.41) is 4.69. The zero-order valence-electron chi connectivity index (χ0n) is 9.50. The molecular weight excluding hydrogens is 192 g/mol. The fraction of sp³-hybridized carbons (Fsp3) is 0.727. The molecule has 0 saturated heterocycles. The van der Waals surface area contributed by atoms with E-state index in [2.05, 4.69) is 38.0 Å². The van der Waals surface area contributed by atoms with Crippen LogP contribution in [0.25, 0.3) is 0 Å². The summed E-state index contributed by atoms with van der Waals surface area (Å²) in [5.74, 6) is 0.676. The molecule has 0 aliphatic heterocycles. The Morgan fingerprint density at radius 1 is 1.50 bits per heavy atom. The second-order valence-electron chi connectivity index (χ2n) is 3.70. The Morgan fingerprint density at radius 3 is 2.64 bits per heavy atom. The van der Waals surface area contributed by atoms with Crippen molar-refractivity contribution in [3.8, 4) is 0 Å². The van der Waals surface area contributed by atoms with Gasteiger partial charge in [0.2, 0.25) is 0 Å². The topological polar surface area (TPSA) is 24.9 Å². The van der Waals surface area contributed by atoms with E-state index in [4.69, 9.17) is 0 Å². The molecular formula is C11H20N2S. The van der Waals surface area contributed by atoms with E-state index >= 15 is 0 Å². The molecule has 1 N–H and O–H groups in total. The number of nitrogens with zero attached hydrogens (tertiary/aromatic N) is 1. The highest BCUT2D eigenvalue weighted by molar-refractivity contribution is 7.11. The van der Waals surface area contributed by atoms with Crippen LogP contribution in [0.3, 0.4) is 0 Å². The number of thiazole rings is 1. The minimum Gasteiger partial charge on any atom is -0.309 e. The minimum absolute atomic E-state index is 0.483. The van der Waals surface area contributed by atoms with Crippen LogP contribution in [-0.2, 0) is 0 Å². The summed E-state index contributed by atoms with van der Waals surface area (Å²) in [6.45, 7) is 9.77. The Bertz CT molecular complexity index is 270. The molecule has 0 aliphatic rings. The fourth-order valence-electron chi connectivity index (χ4n) is 1.56. The third-order valence-corrected chi connectivity index (χ3v) is 3.58. The van der Waals surface area contributed by atoms with E-state index in [0.29, 0.717) is 12.0 Å². The number of hydrogen-bond donors (Lipinski definition) is 1. The first-order valence-corrected chi connectivity index (χ1v) is 6.16. The van der Waals surface area contributed by atoms with Gasteiger partial charge in [0.25, 0.3) is 0 Å². The Labute approximate surface area is 90.8 Å². The highest BCUT2D eigenvalue weighted by Crippen LogP contribution is 2.28. The lowest BCUT2D eigenvalue weighted by molar-refractivity contribution is 0.388. The lowest BCUT2D eigenvalue weighted by atomic mass is 9.98. The second kappa shape index (κ2) is 5.47. The molecule has 1 aromatic heterocycles. The average Bonchev–Trinajstić information content (AvgIpc) is 2.60. The quantitative estimate of drug-likeness (QED) is 0.811. The summed E-state index contributed by atoms with van der Waals surface area (Å²) in [6.07, 6.45) is 3.22. The van der Waals surface area contributed by atoms with Gasteiger partial charge in [-0.2, -0.15) is 0 Å². The number of nitrogens with one attached hydrogen (secondary N) is 1. The van der Waals surface area contributed by atoms with Gasteiger partial charge in [0, 0.05) is 17.1 Å². The van der Waals surface area contributed by atoms with Crippen molar-refractivity contribution in [3.05, 3.63) is 16.1 Å². The van der Waals surface area contributed by atoms with E-state index in [9.17, 15) is 0 Å². The van der Waals surface area contributed by atoms with Crippen LogP contribution < -0.4 is 5.32 Å². The number of hydrogen-bond acceptors (Lipinski definition) is 3. The van der Waals surface area contributed by atoms with Gasteiger partial charge in [-0.05, 0) is 19.4 Å². The molecule has 0 aromatic carbocycles. The summed E-state index contributed by atoms with van der Waals surface area (Å²) in [7, 11) is 0. The Morgan fingerprint density at radius 2 is 2.21 bits per heavy atom. The van der Waals surface area contributed by atoms with Crippen LogP contribution in [0.4, 0.5) is 0 Å². The van der Waals surface area contributed by atoms with Crippen molar-refractivity contribution in [2.24, 2.45) is 5.92 Å². The van der Waals surface area contributed by atoms with E-state index in [1.54, 1.807) is 11.3 Å². The molecule has 0 bridgehead atoms. The van der Waals surface area contributed by atoms with E-state index < -0.39 is 0 Å². The molecule has 2 unspecified atom stereocenters. The van der Waals surface area contributed by atoms with Crippen LogP contribution in [0.2, 0.25) is 0 Å². The fourth-order valence-corrected chi connectivity index (χ4v) is 2.55. The molecule has 0 saturated carbocycles. The molecule has 0 spiro atoms. The average molecular weight is 212 g/mol. The summed E-state index contributed by atoms with van der Waals surface area (Å²) in [6, 6.07) is 0.483. The maximum absolute atomic E-state index is 4.31. The third-order valence-electron chi connectivity index (χ3n) is 2.58. The number of aryl methyl sites for hydroxylation is 1. The van der Waals surface area contributed by atoms with E-state index in [-0.39, 0.29) is 0 Å². The molecule has 3 heteroatoms. The van der Waals surface area contributed by atoms with Crippen molar-refractivity contribution >= 4 is 11.3 Å². The van der Waals surface area contributed by atoms with Crippen LogP contribution in [0.15, 0.2) is 6.20 Å². The normalized spacial score (nSPS) is 15.4. The van der Waals surface area contributed by atoms with Crippen LogP contribution in [0.5, 0.6) is 0 Å². The molecule has 2 atom stereocenters. The molecule has 1 heterocycles. The summed E-state index contributed by atoms with van der Waals surface area (Å²) < 4.78 is 0. The third kappa shape index (κ3) is 2.79. The summed E-state index contributed by atoms with van der Waals surface area (Å²) >= 11 is 1.81. The van der Waals surface area contributed by atoms with Gasteiger partial charge >= 0.3 is 0 Å². The highest BCUT2D eigenvalue weighted by atomic mass is 32.1. The van der Waals surface area contributed by atoms with Crippen LogP contribution in [0.1, 0.15) is 43.1 Å². The minimum atomic E-state index is 0.483. The first kappa shape index (κ1) is 11.7. The molecule has 0 fully saturated rings. The Kier molecular flexibility index (Phi) is 4.55. The second-order valence-corrected chi connectivity index (χ2v) is 4.97. The van der Waals surface area contributed by atoms with Crippen molar-refractivity contribution in [1.29, 1.82) is 0 Å². The first-order valence-electron chi connectivity index (χ1n) is 5.34. The van der Waals surface area contributed by atoms with Gasteiger partial charge in [0.05, 0.1) is 5.01 Å².